The third-order valence-electron chi connectivity index (χ3n) is 2.81. The lowest BCUT2D eigenvalue weighted by Gasteiger charge is -2.19. The first-order chi connectivity index (χ1) is 9.52. The number of rotatable bonds is 8. The number of carbonyl (C=O) groups excluding carboxylic acids is 1. The number of likely N-dealkylation sites (N-methyl/N-ethyl adjacent to an activating group) is 1. The second kappa shape index (κ2) is 8.31. The molecule has 0 saturated carbocycles. The Labute approximate surface area is 119 Å². The van der Waals surface area contributed by atoms with Crippen molar-refractivity contribution in [3.63, 3.8) is 0 Å². The molecule has 0 aliphatic heterocycles. The molecule has 1 aromatic rings. The third kappa shape index (κ3) is 5.83. The average Bonchev–Trinajstić information content (AvgIpc) is 2.43. The molecule has 1 aromatic carbocycles. The molecule has 1 atom stereocenters. The molecule has 0 fully saturated rings. The van der Waals surface area contributed by atoms with Gasteiger partial charge in [0.25, 0.3) is 0 Å². The van der Waals surface area contributed by atoms with E-state index in [9.17, 15) is 9.90 Å². The van der Waals surface area contributed by atoms with Gasteiger partial charge in [-0.1, -0.05) is 12.1 Å². The van der Waals surface area contributed by atoms with E-state index in [1.165, 1.54) is 6.92 Å². The molecule has 1 rings (SSSR count). The van der Waals surface area contributed by atoms with Gasteiger partial charge >= 0.3 is 0 Å². The molecule has 1 unspecified atom stereocenters. The molecule has 5 heteroatoms. The summed E-state index contributed by atoms with van der Waals surface area (Å²) in [4.78, 5) is 13.1. The van der Waals surface area contributed by atoms with Gasteiger partial charge in [-0.2, -0.15) is 5.26 Å². The van der Waals surface area contributed by atoms with Crippen LogP contribution in [0.3, 0.4) is 0 Å². The van der Waals surface area contributed by atoms with Gasteiger partial charge in [0.15, 0.2) is 5.78 Å². The topological polar surface area (TPSA) is 73.6 Å². The minimum absolute atomic E-state index is 0.0211. The lowest BCUT2D eigenvalue weighted by molar-refractivity contribution is 0.0769. The van der Waals surface area contributed by atoms with E-state index in [0.717, 1.165) is 0 Å². The summed E-state index contributed by atoms with van der Waals surface area (Å²) >= 11 is 0. The molecule has 0 saturated heterocycles. The van der Waals surface area contributed by atoms with Gasteiger partial charge in [0, 0.05) is 25.1 Å². The van der Waals surface area contributed by atoms with Crippen molar-refractivity contribution in [1.29, 1.82) is 5.26 Å². The normalized spacial score (nSPS) is 11.9. The number of nitriles is 1. The molecule has 0 aliphatic rings. The summed E-state index contributed by atoms with van der Waals surface area (Å²) in [6.45, 7) is 2.71. The van der Waals surface area contributed by atoms with Crippen LogP contribution in [0.25, 0.3) is 0 Å². The molecule has 0 aromatic heterocycles. The predicted octanol–water partition coefficient (Wildman–Crippen LogP) is 1.47. The number of ether oxygens (including phenoxy) is 1. The van der Waals surface area contributed by atoms with Crippen LogP contribution in [0.4, 0.5) is 0 Å². The number of hydrogen-bond acceptors (Lipinski definition) is 5. The fraction of sp³-hybridized carbons (Fsp3) is 0.467. The highest BCUT2D eigenvalue weighted by Crippen LogP contribution is 2.14. The van der Waals surface area contributed by atoms with Crippen LogP contribution >= 0.6 is 0 Å². The summed E-state index contributed by atoms with van der Waals surface area (Å²) in [6.07, 6.45) is -0.204. The first-order valence-electron chi connectivity index (χ1n) is 6.50. The average molecular weight is 276 g/mol. The second-order valence-corrected chi connectivity index (χ2v) is 4.72. The van der Waals surface area contributed by atoms with Crippen molar-refractivity contribution >= 4 is 5.78 Å². The maximum Gasteiger partial charge on any atom is 0.159 e. The Hall–Kier alpha value is -1.90. The van der Waals surface area contributed by atoms with Gasteiger partial charge in [-0.25, -0.2) is 0 Å². The fourth-order valence-electron chi connectivity index (χ4n) is 1.74. The fourth-order valence-corrected chi connectivity index (χ4v) is 1.74. The SMILES string of the molecule is CC(=O)c1cccc(OCC(O)CN(C)CCC#N)c1. The highest BCUT2D eigenvalue weighted by molar-refractivity contribution is 5.94. The summed E-state index contributed by atoms with van der Waals surface area (Å²) in [5.41, 5.74) is 0.586. The zero-order valence-electron chi connectivity index (χ0n) is 11.9. The summed E-state index contributed by atoms with van der Waals surface area (Å²) in [5.74, 6) is 0.545. The maximum atomic E-state index is 11.2. The number of Topliss-reactive ketones (excluding diaryl/α,β-unsaturated/α-hetero) is 1. The number of aliphatic hydroxyl groups is 1. The lowest BCUT2D eigenvalue weighted by Crippen LogP contribution is -2.33. The zero-order chi connectivity index (χ0) is 15.0. The summed E-state index contributed by atoms with van der Waals surface area (Å²) < 4.78 is 5.47. The second-order valence-electron chi connectivity index (χ2n) is 4.72. The molecule has 5 nitrogen and oxygen atoms in total. The van der Waals surface area contributed by atoms with Crippen LogP contribution < -0.4 is 4.74 Å². The van der Waals surface area contributed by atoms with Crippen LogP contribution in [0.2, 0.25) is 0 Å². The number of benzene rings is 1. The van der Waals surface area contributed by atoms with Crippen molar-refractivity contribution in [2.75, 3.05) is 26.7 Å². The van der Waals surface area contributed by atoms with Gasteiger partial charge in [0.2, 0.25) is 0 Å². The number of carbonyl (C=O) groups is 1. The molecule has 0 heterocycles. The zero-order valence-corrected chi connectivity index (χ0v) is 11.9. The molecule has 1 N–H and O–H groups in total. The van der Waals surface area contributed by atoms with E-state index < -0.39 is 6.10 Å². The first kappa shape index (κ1) is 16.2. The van der Waals surface area contributed by atoms with Crippen LogP contribution in [-0.4, -0.2) is 48.6 Å². The number of ketones is 1. The molecule has 108 valence electrons. The predicted molar refractivity (Wildman–Crippen MR) is 75.7 cm³/mol. The Kier molecular flexibility index (Phi) is 6.71. The molecular formula is C15H20N2O3. The van der Waals surface area contributed by atoms with E-state index in [1.807, 2.05) is 11.9 Å². The van der Waals surface area contributed by atoms with Gasteiger partial charge in [-0.3, -0.25) is 4.79 Å². The molecular weight excluding hydrogens is 256 g/mol. The molecule has 0 aliphatic carbocycles. The van der Waals surface area contributed by atoms with Gasteiger partial charge in [0.05, 0.1) is 6.07 Å². The Morgan fingerprint density at radius 1 is 1.55 bits per heavy atom. The van der Waals surface area contributed by atoms with Crippen LogP contribution in [0, 0.1) is 11.3 Å². The number of aliphatic hydroxyl groups excluding tert-OH is 1. The van der Waals surface area contributed by atoms with E-state index >= 15 is 0 Å². The molecule has 0 spiro atoms. The van der Waals surface area contributed by atoms with Crippen molar-refractivity contribution < 1.29 is 14.6 Å². The van der Waals surface area contributed by atoms with Crippen molar-refractivity contribution in [3.8, 4) is 11.8 Å². The van der Waals surface area contributed by atoms with Gasteiger partial charge < -0.3 is 14.7 Å². The van der Waals surface area contributed by atoms with Crippen molar-refractivity contribution in [2.24, 2.45) is 0 Å². The summed E-state index contributed by atoms with van der Waals surface area (Å²) in [5, 5.41) is 18.3. The van der Waals surface area contributed by atoms with Crippen LogP contribution in [0.1, 0.15) is 23.7 Å². The first-order valence-corrected chi connectivity index (χ1v) is 6.50. The highest BCUT2D eigenvalue weighted by atomic mass is 16.5. The Bertz CT molecular complexity index is 482. The Morgan fingerprint density at radius 3 is 2.95 bits per heavy atom. The number of nitrogens with zero attached hydrogens (tertiary/aromatic N) is 2. The smallest absolute Gasteiger partial charge is 0.159 e. The standard InChI is InChI=1S/C15H20N2O3/c1-12(18)13-5-3-6-15(9-13)20-11-14(19)10-17(2)8-4-7-16/h3,5-6,9,14,19H,4,8,10-11H2,1-2H3. The quantitative estimate of drug-likeness (QED) is 0.728. The van der Waals surface area contributed by atoms with E-state index in [-0.39, 0.29) is 12.4 Å². The van der Waals surface area contributed by atoms with Crippen LogP contribution in [0.15, 0.2) is 24.3 Å². The number of hydrogen-bond donors (Lipinski definition) is 1. The summed E-state index contributed by atoms with van der Waals surface area (Å²) in [7, 11) is 1.84. The lowest BCUT2D eigenvalue weighted by atomic mass is 10.1. The molecule has 0 radical (unpaired) electrons. The largest absolute Gasteiger partial charge is 0.491 e. The Balaban J connectivity index is 2.41. The molecule has 20 heavy (non-hydrogen) atoms. The van der Waals surface area contributed by atoms with Gasteiger partial charge in [0.1, 0.15) is 18.5 Å². The van der Waals surface area contributed by atoms with Gasteiger partial charge in [-0.15, -0.1) is 0 Å². The Morgan fingerprint density at radius 2 is 2.30 bits per heavy atom. The van der Waals surface area contributed by atoms with E-state index in [4.69, 9.17) is 10.00 Å². The van der Waals surface area contributed by atoms with E-state index in [1.54, 1.807) is 24.3 Å². The summed E-state index contributed by atoms with van der Waals surface area (Å²) in [6, 6.07) is 8.94. The minimum atomic E-state index is -0.639. The highest BCUT2D eigenvalue weighted by Gasteiger charge is 2.09. The third-order valence-corrected chi connectivity index (χ3v) is 2.81. The maximum absolute atomic E-state index is 11.2. The minimum Gasteiger partial charge on any atom is -0.491 e. The molecule has 0 bridgehead atoms. The van der Waals surface area contributed by atoms with Crippen molar-refractivity contribution in [2.45, 2.75) is 19.4 Å². The van der Waals surface area contributed by atoms with Gasteiger partial charge in [-0.05, 0) is 26.1 Å². The van der Waals surface area contributed by atoms with Crippen LogP contribution in [-0.2, 0) is 0 Å². The van der Waals surface area contributed by atoms with Crippen molar-refractivity contribution in [3.05, 3.63) is 29.8 Å². The van der Waals surface area contributed by atoms with Crippen LogP contribution in [0.5, 0.6) is 5.75 Å². The van der Waals surface area contributed by atoms with Crippen molar-refractivity contribution in [1.82, 2.24) is 4.90 Å². The monoisotopic (exact) mass is 276 g/mol. The van der Waals surface area contributed by atoms with E-state index in [0.29, 0.717) is 30.8 Å². The van der Waals surface area contributed by atoms with E-state index in [2.05, 4.69) is 6.07 Å². The molecule has 0 amide bonds.